The fourth-order valence-corrected chi connectivity index (χ4v) is 4.43. The number of thioether (sulfide) groups is 1. The fraction of sp³-hybridized carbons (Fsp3) is 0.481. The number of methoxy groups -OCH3 is 1. The summed E-state index contributed by atoms with van der Waals surface area (Å²) in [5.41, 5.74) is 0.643. The summed E-state index contributed by atoms with van der Waals surface area (Å²) >= 11 is 1.44. The monoisotopic (exact) mass is 516 g/mol. The summed E-state index contributed by atoms with van der Waals surface area (Å²) in [4.78, 5) is 50.6. The van der Waals surface area contributed by atoms with Crippen LogP contribution in [0.2, 0.25) is 0 Å². The maximum atomic E-state index is 13.2. The van der Waals surface area contributed by atoms with E-state index in [0.29, 0.717) is 29.7 Å². The van der Waals surface area contributed by atoms with Crippen molar-refractivity contribution in [1.29, 1.82) is 0 Å². The Labute approximate surface area is 216 Å². The molecule has 0 spiro atoms. The van der Waals surface area contributed by atoms with Crippen molar-refractivity contribution in [1.82, 2.24) is 10.6 Å². The molecule has 8 nitrogen and oxygen atoms in total. The van der Waals surface area contributed by atoms with E-state index in [1.165, 1.54) is 43.1 Å². The zero-order valence-corrected chi connectivity index (χ0v) is 22.2. The van der Waals surface area contributed by atoms with Crippen LogP contribution in [0.25, 0.3) is 0 Å². The molecule has 0 fully saturated rings. The molecular formula is C27H36N2O6S. The van der Waals surface area contributed by atoms with Gasteiger partial charge in [0, 0.05) is 5.56 Å². The zero-order chi connectivity index (χ0) is 26.5. The van der Waals surface area contributed by atoms with Gasteiger partial charge in [0.15, 0.2) is 5.78 Å². The minimum absolute atomic E-state index is 0.0543. The number of carbonyl (C=O) groups is 4. The van der Waals surface area contributed by atoms with Gasteiger partial charge in [-0.25, -0.2) is 4.79 Å². The van der Waals surface area contributed by atoms with Gasteiger partial charge in [0.2, 0.25) is 5.91 Å². The first-order valence-corrected chi connectivity index (χ1v) is 13.3. The van der Waals surface area contributed by atoms with Gasteiger partial charge in [0.25, 0.3) is 5.91 Å². The van der Waals surface area contributed by atoms with Gasteiger partial charge in [-0.1, -0.05) is 33.6 Å². The summed E-state index contributed by atoms with van der Waals surface area (Å²) in [7, 11) is 1.29. The molecule has 36 heavy (non-hydrogen) atoms. The van der Waals surface area contributed by atoms with Crippen LogP contribution in [0.5, 0.6) is 0 Å². The van der Waals surface area contributed by atoms with Crippen molar-refractivity contribution >= 4 is 35.3 Å². The Kier molecular flexibility index (Phi) is 12.3. The average Bonchev–Trinajstić information content (AvgIpc) is 3.38. The molecule has 2 aromatic rings. The number of unbranched alkanes of at least 4 members (excludes halogenated alkanes) is 1. The van der Waals surface area contributed by atoms with Crippen LogP contribution in [0, 0.1) is 5.92 Å². The standard InChI is InChI=1S/C27H36N2O6S/c1-5-6-9-22(24(30)17-36-16-21-8-7-14-35-21)28-26(32)23(15-18(2)3)29-25(31)19-10-12-20(13-11-19)27(33)34-4/h7-8,10-14,18,22-23H,5-6,9,15-17H2,1-4H3,(H,28,32)(H,29,31). The largest absolute Gasteiger partial charge is 0.468 e. The number of hydrogen-bond donors (Lipinski definition) is 2. The van der Waals surface area contributed by atoms with Crippen LogP contribution in [0.15, 0.2) is 47.1 Å². The fourth-order valence-electron chi connectivity index (χ4n) is 3.56. The van der Waals surface area contributed by atoms with Crippen LogP contribution in [-0.4, -0.2) is 48.5 Å². The van der Waals surface area contributed by atoms with Crippen molar-refractivity contribution in [3.8, 4) is 0 Å². The van der Waals surface area contributed by atoms with E-state index >= 15 is 0 Å². The van der Waals surface area contributed by atoms with Gasteiger partial charge >= 0.3 is 5.97 Å². The lowest BCUT2D eigenvalue weighted by molar-refractivity contribution is -0.128. The molecule has 0 bridgehead atoms. The second kappa shape index (κ2) is 15.1. The van der Waals surface area contributed by atoms with Crippen molar-refractivity contribution in [3.63, 3.8) is 0 Å². The van der Waals surface area contributed by atoms with Gasteiger partial charge in [-0.15, -0.1) is 11.8 Å². The number of hydrogen-bond acceptors (Lipinski definition) is 7. The Morgan fingerprint density at radius 3 is 2.28 bits per heavy atom. The zero-order valence-electron chi connectivity index (χ0n) is 21.4. The molecule has 1 aromatic heterocycles. The number of ketones is 1. The molecule has 2 N–H and O–H groups in total. The summed E-state index contributed by atoms with van der Waals surface area (Å²) in [6, 6.07) is 8.26. The van der Waals surface area contributed by atoms with E-state index < -0.39 is 24.0 Å². The van der Waals surface area contributed by atoms with Gasteiger partial charge in [-0.2, -0.15) is 0 Å². The topological polar surface area (TPSA) is 115 Å². The van der Waals surface area contributed by atoms with E-state index in [1.807, 2.05) is 26.8 Å². The first-order chi connectivity index (χ1) is 17.2. The Bertz CT molecular complexity index is 988. The number of Topliss-reactive ketones (excluding diaryl/α,β-unsaturated/α-hetero) is 1. The lowest BCUT2D eigenvalue weighted by Crippen LogP contribution is -2.52. The Morgan fingerprint density at radius 1 is 1.00 bits per heavy atom. The van der Waals surface area contributed by atoms with Crippen molar-refractivity contribution < 1.29 is 28.3 Å². The van der Waals surface area contributed by atoms with E-state index in [9.17, 15) is 19.2 Å². The quantitative estimate of drug-likeness (QED) is 0.338. The number of carbonyl (C=O) groups excluding carboxylic acids is 4. The number of benzene rings is 1. The highest BCUT2D eigenvalue weighted by Crippen LogP contribution is 2.15. The SMILES string of the molecule is CCCCC(NC(=O)C(CC(C)C)NC(=O)c1ccc(C(=O)OC)cc1)C(=O)CSCc1ccco1. The van der Waals surface area contributed by atoms with Crippen LogP contribution in [0.4, 0.5) is 0 Å². The molecule has 2 unspecified atom stereocenters. The maximum absolute atomic E-state index is 13.2. The van der Waals surface area contributed by atoms with Gasteiger partial charge in [0.1, 0.15) is 11.8 Å². The molecule has 1 aromatic carbocycles. The van der Waals surface area contributed by atoms with Crippen molar-refractivity contribution in [2.24, 2.45) is 5.92 Å². The van der Waals surface area contributed by atoms with E-state index in [1.54, 1.807) is 12.3 Å². The highest BCUT2D eigenvalue weighted by Gasteiger charge is 2.27. The molecule has 0 saturated heterocycles. The van der Waals surface area contributed by atoms with Gasteiger partial charge in [-0.05, 0) is 55.2 Å². The van der Waals surface area contributed by atoms with E-state index in [0.717, 1.165) is 18.6 Å². The maximum Gasteiger partial charge on any atom is 0.337 e. The van der Waals surface area contributed by atoms with E-state index in [4.69, 9.17) is 4.42 Å². The highest BCUT2D eigenvalue weighted by atomic mass is 32.2. The first-order valence-electron chi connectivity index (χ1n) is 12.2. The predicted octanol–water partition coefficient (Wildman–Crippen LogP) is 4.39. The third-order valence-corrected chi connectivity index (χ3v) is 6.49. The number of esters is 1. The van der Waals surface area contributed by atoms with E-state index in [2.05, 4.69) is 15.4 Å². The minimum atomic E-state index is -0.800. The van der Waals surface area contributed by atoms with Crippen LogP contribution < -0.4 is 10.6 Å². The van der Waals surface area contributed by atoms with Crippen molar-refractivity contribution in [2.75, 3.05) is 12.9 Å². The smallest absolute Gasteiger partial charge is 0.337 e. The molecule has 0 aliphatic heterocycles. The Morgan fingerprint density at radius 2 is 1.69 bits per heavy atom. The summed E-state index contributed by atoms with van der Waals surface area (Å²) < 4.78 is 9.98. The predicted molar refractivity (Wildman–Crippen MR) is 140 cm³/mol. The summed E-state index contributed by atoms with van der Waals surface area (Å²) in [5.74, 6) is 0.395. The molecule has 0 aliphatic carbocycles. The number of rotatable bonds is 15. The molecule has 1 heterocycles. The average molecular weight is 517 g/mol. The number of nitrogens with one attached hydrogen (secondary N) is 2. The third kappa shape index (κ3) is 9.53. The summed E-state index contributed by atoms with van der Waals surface area (Å²) in [5, 5.41) is 5.68. The summed E-state index contributed by atoms with van der Waals surface area (Å²) in [6.07, 6.45) is 4.25. The second-order valence-corrected chi connectivity index (χ2v) is 9.95. The molecule has 0 aliphatic rings. The van der Waals surface area contributed by atoms with Crippen LogP contribution in [0.1, 0.15) is 72.9 Å². The molecule has 0 radical (unpaired) electrons. The molecule has 9 heteroatoms. The van der Waals surface area contributed by atoms with Crippen LogP contribution in [0.3, 0.4) is 0 Å². The second-order valence-electron chi connectivity index (χ2n) is 8.97. The highest BCUT2D eigenvalue weighted by molar-refractivity contribution is 7.99. The lowest BCUT2D eigenvalue weighted by Gasteiger charge is -2.24. The van der Waals surface area contributed by atoms with Crippen molar-refractivity contribution in [2.45, 2.75) is 64.3 Å². The molecule has 2 rings (SSSR count). The van der Waals surface area contributed by atoms with Gasteiger partial charge in [0.05, 0.1) is 36.5 Å². The Balaban J connectivity index is 2.04. The molecule has 196 valence electrons. The van der Waals surface area contributed by atoms with Crippen LogP contribution in [-0.2, 0) is 20.1 Å². The minimum Gasteiger partial charge on any atom is -0.468 e. The van der Waals surface area contributed by atoms with Gasteiger partial charge in [-0.3, -0.25) is 14.4 Å². The normalized spacial score (nSPS) is 12.6. The molecule has 2 atom stereocenters. The van der Waals surface area contributed by atoms with Gasteiger partial charge < -0.3 is 19.8 Å². The molecule has 0 saturated carbocycles. The summed E-state index contributed by atoms with van der Waals surface area (Å²) in [6.45, 7) is 5.95. The number of furan rings is 1. The van der Waals surface area contributed by atoms with Crippen molar-refractivity contribution in [3.05, 3.63) is 59.5 Å². The molecule has 2 amide bonds. The van der Waals surface area contributed by atoms with E-state index in [-0.39, 0.29) is 23.4 Å². The first kappa shape index (κ1) is 29.2. The number of amides is 2. The number of ether oxygens (including phenoxy) is 1. The van der Waals surface area contributed by atoms with Crippen LogP contribution >= 0.6 is 11.8 Å². The molecular weight excluding hydrogens is 480 g/mol. The Hall–Kier alpha value is -3.07. The lowest BCUT2D eigenvalue weighted by atomic mass is 10.0. The third-order valence-electron chi connectivity index (χ3n) is 5.52.